The van der Waals surface area contributed by atoms with Gasteiger partial charge in [-0.1, -0.05) is 44.2 Å². The van der Waals surface area contributed by atoms with E-state index < -0.39 is 0 Å². The molecule has 0 amide bonds. The molecule has 82 valence electrons. The van der Waals surface area contributed by atoms with Gasteiger partial charge >= 0.3 is 0 Å². The van der Waals surface area contributed by atoms with E-state index in [0.29, 0.717) is 17.9 Å². The molecule has 1 saturated heterocycles. The molecule has 1 aliphatic heterocycles. The van der Waals surface area contributed by atoms with Crippen LogP contribution in [0.2, 0.25) is 0 Å². The van der Waals surface area contributed by atoms with Crippen molar-refractivity contribution in [1.82, 2.24) is 0 Å². The van der Waals surface area contributed by atoms with Gasteiger partial charge in [0.1, 0.15) is 0 Å². The Morgan fingerprint density at radius 3 is 2.47 bits per heavy atom. The van der Waals surface area contributed by atoms with Crippen LogP contribution in [-0.2, 0) is 4.74 Å². The highest BCUT2D eigenvalue weighted by Gasteiger charge is 2.29. The lowest BCUT2D eigenvalue weighted by Crippen LogP contribution is -2.22. The maximum Gasteiger partial charge on any atom is 0.0646 e. The molecule has 0 spiro atoms. The highest BCUT2D eigenvalue weighted by Crippen LogP contribution is 2.34. The Morgan fingerprint density at radius 2 is 1.93 bits per heavy atom. The van der Waals surface area contributed by atoms with Crippen molar-refractivity contribution < 1.29 is 4.74 Å². The van der Waals surface area contributed by atoms with E-state index in [9.17, 15) is 0 Å². The van der Waals surface area contributed by atoms with Crippen LogP contribution in [-0.4, -0.2) is 12.7 Å². The van der Waals surface area contributed by atoms with E-state index in [1.165, 1.54) is 18.4 Å². The first-order valence-electron chi connectivity index (χ1n) is 5.95. The molecule has 0 bridgehead atoms. The minimum Gasteiger partial charge on any atom is -0.378 e. The summed E-state index contributed by atoms with van der Waals surface area (Å²) in [6, 6.07) is 10.8. The van der Waals surface area contributed by atoms with Gasteiger partial charge in [-0.05, 0) is 24.3 Å². The average Bonchev–Trinajstić information content (AvgIpc) is 2.72. The number of rotatable bonds is 3. The minimum absolute atomic E-state index is 0.437. The third-order valence-corrected chi connectivity index (χ3v) is 3.27. The second kappa shape index (κ2) is 4.80. The normalized spacial score (nSPS) is 23.3. The summed E-state index contributed by atoms with van der Waals surface area (Å²) in [4.78, 5) is 0. The van der Waals surface area contributed by atoms with Crippen LogP contribution in [0.3, 0.4) is 0 Å². The van der Waals surface area contributed by atoms with Crippen LogP contribution in [0.5, 0.6) is 0 Å². The molecule has 1 fully saturated rings. The van der Waals surface area contributed by atoms with Gasteiger partial charge in [-0.15, -0.1) is 0 Å². The number of benzene rings is 1. The standard InChI is InChI=1S/C14H20O/c1-11(2)14(13-9-6-10-15-13)12-7-4-3-5-8-12/h3-5,7-8,11,13-14H,6,9-10H2,1-2H3/t13-,14-/m0/s1. The lowest BCUT2D eigenvalue weighted by molar-refractivity contribution is 0.0748. The van der Waals surface area contributed by atoms with E-state index >= 15 is 0 Å². The van der Waals surface area contributed by atoms with E-state index in [-0.39, 0.29) is 0 Å². The zero-order valence-electron chi connectivity index (χ0n) is 9.65. The molecule has 1 aromatic rings. The lowest BCUT2D eigenvalue weighted by Gasteiger charge is -2.27. The maximum absolute atomic E-state index is 5.83. The summed E-state index contributed by atoms with van der Waals surface area (Å²) in [6.45, 7) is 5.53. The second-order valence-electron chi connectivity index (χ2n) is 4.73. The monoisotopic (exact) mass is 204 g/mol. The summed E-state index contributed by atoms with van der Waals surface area (Å²) < 4.78 is 5.83. The Labute approximate surface area is 92.5 Å². The van der Waals surface area contributed by atoms with E-state index in [1.54, 1.807) is 0 Å². The molecule has 1 heteroatoms. The highest BCUT2D eigenvalue weighted by molar-refractivity contribution is 5.21. The van der Waals surface area contributed by atoms with Crippen LogP contribution in [0.25, 0.3) is 0 Å². The minimum atomic E-state index is 0.437. The number of hydrogen-bond acceptors (Lipinski definition) is 1. The van der Waals surface area contributed by atoms with Crippen molar-refractivity contribution in [2.24, 2.45) is 5.92 Å². The maximum atomic E-state index is 5.83. The molecular weight excluding hydrogens is 184 g/mol. The quantitative estimate of drug-likeness (QED) is 0.731. The van der Waals surface area contributed by atoms with Crippen molar-refractivity contribution in [3.05, 3.63) is 35.9 Å². The fourth-order valence-electron chi connectivity index (χ4n) is 2.59. The summed E-state index contributed by atoms with van der Waals surface area (Å²) in [5, 5.41) is 0. The van der Waals surface area contributed by atoms with Gasteiger partial charge in [-0.2, -0.15) is 0 Å². The SMILES string of the molecule is CC(C)[C@@H](c1ccccc1)[C@@H]1CCCO1. The Kier molecular flexibility index (Phi) is 3.42. The number of hydrogen-bond donors (Lipinski definition) is 0. The topological polar surface area (TPSA) is 9.23 Å². The lowest BCUT2D eigenvalue weighted by atomic mass is 9.83. The molecule has 1 heterocycles. The van der Waals surface area contributed by atoms with E-state index in [4.69, 9.17) is 4.74 Å². The molecule has 0 unspecified atom stereocenters. The molecule has 0 aliphatic carbocycles. The Hall–Kier alpha value is -0.820. The van der Waals surface area contributed by atoms with Crippen LogP contribution in [0.4, 0.5) is 0 Å². The third kappa shape index (κ3) is 2.40. The summed E-state index contributed by atoms with van der Waals surface area (Å²) in [6.07, 6.45) is 2.88. The van der Waals surface area contributed by atoms with Crippen molar-refractivity contribution in [3.8, 4) is 0 Å². The van der Waals surface area contributed by atoms with E-state index in [1.807, 2.05) is 0 Å². The van der Waals surface area contributed by atoms with Gasteiger partial charge < -0.3 is 4.74 Å². The van der Waals surface area contributed by atoms with Crippen molar-refractivity contribution in [3.63, 3.8) is 0 Å². The van der Waals surface area contributed by atoms with Gasteiger partial charge in [0, 0.05) is 12.5 Å². The van der Waals surface area contributed by atoms with Gasteiger partial charge in [0.05, 0.1) is 6.10 Å². The molecule has 2 rings (SSSR count). The third-order valence-electron chi connectivity index (χ3n) is 3.27. The smallest absolute Gasteiger partial charge is 0.0646 e. The predicted molar refractivity (Wildman–Crippen MR) is 63.0 cm³/mol. The van der Waals surface area contributed by atoms with Crippen molar-refractivity contribution in [1.29, 1.82) is 0 Å². The molecule has 1 nitrogen and oxygen atoms in total. The van der Waals surface area contributed by atoms with Crippen molar-refractivity contribution >= 4 is 0 Å². The summed E-state index contributed by atoms with van der Waals surface area (Å²) in [5.41, 5.74) is 1.43. The molecule has 2 atom stereocenters. The Morgan fingerprint density at radius 1 is 1.20 bits per heavy atom. The molecular formula is C14H20O. The molecule has 0 saturated carbocycles. The van der Waals surface area contributed by atoms with Gasteiger partial charge in [0.2, 0.25) is 0 Å². The zero-order valence-corrected chi connectivity index (χ0v) is 9.65. The summed E-state index contributed by atoms with van der Waals surface area (Å²) in [7, 11) is 0. The van der Waals surface area contributed by atoms with Crippen molar-refractivity contribution in [2.45, 2.75) is 38.7 Å². The van der Waals surface area contributed by atoms with Crippen LogP contribution in [0.1, 0.15) is 38.2 Å². The van der Waals surface area contributed by atoms with Gasteiger partial charge in [0.15, 0.2) is 0 Å². The molecule has 1 aliphatic rings. The van der Waals surface area contributed by atoms with Gasteiger partial charge in [-0.3, -0.25) is 0 Å². The van der Waals surface area contributed by atoms with Gasteiger partial charge in [-0.25, -0.2) is 0 Å². The van der Waals surface area contributed by atoms with Crippen LogP contribution < -0.4 is 0 Å². The van der Waals surface area contributed by atoms with Crippen LogP contribution >= 0.6 is 0 Å². The first kappa shape index (κ1) is 10.7. The van der Waals surface area contributed by atoms with Crippen LogP contribution in [0, 0.1) is 5.92 Å². The van der Waals surface area contributed by atoms with Crippen molar-refractivity contribution in [2.75, 3.05) is 6.61 Å². The summed E-state index contributed by atoms with van der Waals surface area (Å²) >= 11 is 0. The van der Waals surface area contributed by atoms with Gasteiger partial charge in [0.25, 0.3) is 0 Å². The largest absolute Gasteiger partial charge is 0.378 e. The van der Waals surface area contributed by atoms with Crippen LogP contribution in [0.15, 0.2) is 30.3 Å². The highest BCUT2D eigenvalue weighted by atomic mass is 16.5. The number of ether oxygens (including phenoxy) is 1. The predicted octanol–water partition coefficient (Wildman–Crippen LogP) is 3.61. The molecule has 15 heavy (non-hydrogen) atoms. The first-order chi connectivity index (χ1) is 7.29. The molecule has 0 N–H and O–H groups in total. The average molecular weight is 204 g/mol. The molecule has 0 aromatic heterocycles. The van der Waals surface area contributed by atoms with E-state index in [2.05, 4.69) is 44.2 Å². The summed E-state index contributed by atoms with van der Waals surface area (Å²) in [5.74, 6) is 1.21. The fourth-order valence-corrected chi connectivity index (χ4v) is 2.59. The molecule has 1 aromatic carbocycles. The second-order valence-corrected chi connectivity index (χ2v) is 4.73. The molecule has 0 radical (unpaired) electrons. The fraction of sp³-hybridized carbons (Fsp3) is 0.571. The Bertz CT molecular complexity index is 285. The van der Waals surface area contributed by atoms with E-state index in [0.717, 1.165) is 6.61 Å². The Balaban J connectivity index is 2.19. The zero-order chi connectivity index (χ0) is 10.7. The first-order valence-corrected chi connectivity index (χ1v) is 5.95.